The lowest BCUT2D eigenvalue weighted by molar-refractivity contribution is -0.143. The summed E-state index contributed by atoms with van der Waals surface area (Å²) in [4.78, 5) is 11.6. The Morgan fingerprint density at radius 1 is 1.35 bits per heavy atom. The number of hydrogen-bond donors (Lipinski definition) is 0. The van der Waals surface area contributed by atoms with Crippen LogP contribution in [0, 0.1) is 5.92 Å². The fraction of sp³-hybridized carbons (Fsp3) is 0.389. The first kappa shape index (κ1) is 16.2. The largest absolute Gasteiger partial charge is 0.465 e. The fourth-order valence-corrected chi connectivity index (χ4v) is 1.81. The molecule has 0 radical (unpaired) electrons. The maximum atomic E-state index is 11.6. The van der Waals surface area contributed by atoms with Crippen LogP contribution in [0.15, 0.2) is 54.6 Å². The van der Waals surface area contributed by atoms with Crippen molar-refractivity contribution in [3.05, 3.63) is 60.2 Å². The van der Waals surface area contributed by atoms with E-state index in [2.05, 4.69) is 19.6 Å². The average Bonchev–Trinajstić information content (AvgIpc) is 2.39. The summed E-state index contributed by atoms with van der Waals surface area (Å²) in [5.74, 6) is 0.357. The molecule has 0 spiro atoms. The Morgan fingerprint density at radius 2 is 2.05 bits per heavy atom. The number of carbonyl (C=O) groups is 1. The zero-order valence-corrected chi connectivity index (χ0v) is 12.5. The summed E-state index contributed by atoms with van der Waals surface area (Å²) < 4.78 is 5.26. The smallest absolute Gasteiger partial charge is 0.310 e. The lowest BCUT2D eigenvalue weighted by atomic mass is 10.0. The van der Waals surface area contributed by atoms with Gasteiger partial charge < -0.3 is 4.74 Å². The van der Waals surface area contributed by atoms with Gasteiger partial charge in [0.1, 0.15) is 0 Å². The molecule has 0 aliphatic heterocycles. The Bertz CT molecular complexity index is 446. The van der Waals surface area contributed by atoms with Crippen LogP contribution in [0.4, 0.5) is 0 Å². The summed E-state index contributed by atoms with van der Waals surface area (Å²) in [6.45, 7) is 8.45. The first-order valence-corrected chi connectivity index (χ1v) is 7.09. The summed E-state index contributed by atoms with van der Waals surface area (Å²) in [6, 6.07) is 9.67. The van der Waals surface area contributed by atoms with Crippen molar-refractivity contribution in [2.24, 2.45) is 5.92 Å². The molecule has 0 aromatic heterocycles. The van der Waals surface area contributed by atoms with Crippen LogP contribution in [-0.4, -0.2) is 12.6 Å². The van der Waals surface area contributed by atoms with Gasteiger partial charge in [-0.1, -0.05) is 61.6 Å². The van der Waals surface area contributed by atoms with Gasteiger partial charge in [-0.3, -0.25) is 4.79 Å². The van der Waals surface area contributed by atoms with Gasteiger partial charge in [-0.2, -0.15) is 0 Å². The minimum Gasteiger partial charge on any atom is -0.465 e. The van der Waals surface area contributed by atoms with E-state index in [1.807, 2.05) is 43.3 Å². The van der Waals surface area contributed by atoms with Crippen LogP contribution in [0.5, 0.6) is 0 Å². The van der Waals surface area contributed by atoms with E-state index in [9.17, 15) is 4.79 Å². The first-order chi connectivity index (χ1) is 9.58. The van der Waals surface area contributed by atoms with E-state index in [0.29, 0.717) is 18.9 Å². The molecule has 0 aliphatic rings. The lowest BCUT2D eigenvalue weighted by Crippen LogP contribution is -2.10. The third-order valence-electron chi connectivity index (χ3n) is 3.01. The highest BCUT2D eigenvalue weighted by Crippen LogP contribution is 2.09. The fourth-order valence-electron chi connectivity index (χ4n) is 1.81. The highest BCUT2D eigenvalue weighted by Gasteiger charge is 2.06. The van der Waals surface area contributed by atoms with Crippen molar-refractivity contribution < 1.29 is 9.53 Å². The molecular weight excluding hydrogens is 248 g/mol. The molecule has 0 saturated carbocycles. The zero-order valence-electron chi connectivity index (χ0n) is 12.5. The Hall–Kier alpha value is -1.83. The standard InChI is InChI=1S/C18H24O2/c1-15(2)8-7-9-16(3)12-13-20-18(19)14-17-10-5-4-6-11-17/h4-8,10-11,16H,1,9,12-14H2,2-3H3/b8-7+. The second-order valence-corrected chi connectivity index (χ2v) is 5.26. The number of esters is 1. The minimum atomic E-state index is -0.152. The minimum absolute atomic E-state index is 0.152. The van der Waals surface area contributed by atoms with Gasteiger partial charge >= 0.3 is 5.97 Å². The summed E-state index contributed by atoms with van der Waals surface area (Å²) >= 11 is 0. The molecule has 0 heterocycles. The number of hydrogen-bond acceptors (Lipinski definition) is 2. The van der Waals surface area contributed by atoms with Gasteiger partial charge in [0.05, 0.1) is 13.0 Å². The second kappa shape index (κ2) is 9.13. The predicted octanol–water partition coefficient (Wildman–Crippen LogP) is 4.32. The van der Waals surface area contributed by atoms with E-state index < -0.39 is 0 Å². The molecule has 108 valence electrons. The Kier molecular flexibility index (Phi) is 7.41. The van der Waals surface area contributed by atoms with E-state index in [1.165, 1.54) is 0 Å². The molecule has 1 atom stereocenters. The number of allylic oxidation sites excluding steroid dienone is 3. The van der Waals surface area contributed by atoms with Gasteiger partial charge in [-0.25, -0.2) is 0 Å². The summed E-state index contributed by atoms with van der Waals surface area (Å²) in [7, 11) is 0. The third kappa shape index (κ3) is 7.57. The van der Waals surface area contributed by atoms with E-state index >= 15 is 0 Å². The monoisotopic (exact) mass is 272 g/mol. The normalized spacial score (nSPS) is 12.3. The van der Waals surface area contributed by atoms with Crippen LogP contribution < -0.4 is 0 Å². The van der Waals surface area contributed by atoms with E-state index in [-0.39, 0.29) is 5.97 Å². The quantitative estimate of drug-likeness (QED) is 0.520. The first-order valence-electron chi connectivity index (χ1n) is 7.09. The van der Waals surface area contributed by atoms with Crippen molar-refractivity contribution in [2.45, 2.75) is 33.1 Å². The number of rotatable bonds is 8. The average molecular weight is 272 g/mol. The van der Waals surface area contributed by atoms with Crippen LogP contribution in [0.1, 0.15) is 32.3 Å². The molecule has 0 aliphatic carbocycles. The molecule has 2 heteroatoms. The van der Waals surface area contributed by atoms with Crippen LogP contribution in [0.3, 0.4) is 0 Å². The molecule has 0 amide bonds. The van der Waals surface area contributed by atoms with Crippen molar-refractivity contribution in [2.75, 3.05) is 6.61 Å². The van der Waals surface area contributed by atoms with Gasteiger partial charge in [-0.15, -0.1) is 0 Å². The predicted molar refractivity (Wildman–Crippen MR) is 83.5 cm³/mol. The van der Waals surface area contributed by atoms with Gasteiger partial charge in [-0.05, 0) is 31.2 Å². The molecule has 1 rings (SSSR count). The zero-order chi connectivity index (χ0) is 14.8. The summed E-state index contributed by atoms with van der Waals surface area (Å²) in [5, 5.41) is 0. The van der Waals surface area contributed by atoms with Crippen molar-refractivity contribution in [3.63, 3.8) is 0 Å². The third-order valence-corrected chi connectivity index (χ3v) is 3.01. The molecule has 20 heavy (non-hydrogen) atoms. The topological polar surface area (TPSA) is 26.3 Å². The highest BCUT2D eigenvalue weighted by molar-refractivity contribution is 5.72. The Labute approximate surface area is 122 Å². The lowest BCUT2D eigenvalue weighted by Gasteiger charge is -2.09. The van der Waals surface area contributed by atoms with E-state index in [4.69, 9.17) is 4.74 Å². The van der Waals surface area contributed by atoms with Crippen LogP contribution in [0.2, 0.25) is 0 Å². The van der Waals surface area contributed by atoms with Gasteiger partial charge in [0, 0.05) is 0 Å². The van der Waals surface area contributed by atoms with Crippen LogP contribution >= 0.6 is 0 Å². The van der Waals surface area contributed by atoms with Crippen molar-refractivity contribution in [1.82, 2.24) is 0 Å². The molecule has 1 aromatic rings. The SMILES string of the molecule is C=C(C)/C=C/CC(C)CCOC(=O)Cc1ccccc1. The van der Waals surface area contributed by atoms with Crippen LogP contribution in [-0.2, 0) is 16.0 Å². The van der Waals surface area contributed by atoms with Crippen LogP contribution in [0.25, 0.3) is 0 Å². The van der Waals surface area contributed by atoms with Gasteiger partial charge in [0.2, 0.25) is 0 Å². The number of benzene rings is 1. The molecule has 0 bridgehead atoms. The molecule has 0 fully saturated rings. The Balaban J connectivity index is 2.17. The molecule has 0 saturated heterocycles. The summed E-state index contributed by atoms with van der Waals surface area (Å²) in [5.41, 5.74) is 2.06. The number of ether oxygens (including phenoxy) is 1. The van der Waals surface area contributed by atoms with Crippen molar-refractivity contribution in [3.8, 4) is 0 Å². The van der Waals surface area contributed by atoms with Crippen molar-refractivity contribution >= 4 is 5.97 Å². The highest BCUT2D eigenvalue weighted by atomic mass is 16.5. The molecular formula is C18H24O2. The molecule has 0 N–H and O–H groups in total. The molecule has 2 nitrogen and oxygen atoms in total. The number of carbonyl (C=O) groups excluding carboxylic acids is 1. The summed E-state index contributed by atoms with van der Waals surface area (Å²) in [6.07, 6.45) is 6.38. The van der Waals surface area contributed by atoms with Gasteiger partial charge in [0.25, 0.3) is 0 Å². The van der Waals surface area contributed by atoms with Gasteiger partial charge in [0.15, 0.2) is 0 Å². The van der Waals surface area contributed by atoms with Crippen molar-refractivity contribution in [1.29, 1.82) is 0 Å². The Morgan fingerprint density at radius 3 is 2.70 bits per heavy atom. The van der Waals surface area contributed by atoms with E-state index in [1.54, 1.807) is 0 Å². The molecule has 1 unspecified atom stereocenters. The maximum Gasteiger partial charge on any atom is 0.310 e. The second-order valence-electron chi connectivity index (χ2n) is 5.26. The maximum absolute atomic E-state index is 11.6. The molecule has 1 aromatic carbocycles. The van der Waals surface area contributed by atoms with E-state index in [0.717, 1.165) is 24.0 Å².